The number of hydrogen-bond acceptors (Lipinski definition) is 3. The van der Waals surface area contributed by atoms with Crippen molar-refractivity contribution in [3.63, 3.8) is 0 Å². The van der Waals surface area contributed by atoms with Crippen molar-refractivity contribution in [1.82, 2.24) is 9.78 Å². The van der Waals surface area contributed by atoms with Crippen molar-refractivity contribution in [3.05, 3.63) is 76.6 Å². The monoisotopic (exact) mass is 339 g/mol. The van der Waals surface area contributed by atoms with Crippen LogP contribution < -0.4 is 0 Å². The maximum atomic E-state index is 11.2. The van der Waals surface area contributed by atoms with Gasteiger partial charge in [-0.25, -0.2) is 9.48 Å². The molecule has 0 amide bonds. The molecule has 0 atom stereocenters. The molecule has 3 rings (SSSR count). The molecule has 0 fully saturated rings. The summed E-state index contributed by atoms with van der Waals surface area (Å²) in [4.78, 5) is 15.5. The van der Waals surface area contributed by atoms with Gasteiger partial charge in [-0.15, -0.1) is 0 Å². The fraction of sp³-hybridized carbons (Fsp3) is 0.0556. The highest BCUT2D eigenvalue weighted by molar-refractivity contribution is 6.32. The molecule has 0 saturated heterocycles. The van der Waals surface area contributed by atoms with Crippen LogP contribution >= 0.6 is 11.6 Å². The van der Waals surface area contributed by atoms with E-state index in [0.717, 1.165) is 5.69 Å². The molecule has 0 aliphatic carbocycles. The van der Waals surface area contributed by atoms with E-state index >= 15 is 0 Å². The Morgan fingerprint density at radius 2 is 1.83 bits per heavy atom. The standard InChI is InChI=1S/C18H14ClN3O2/c1-12-15(11-20-16-10-6-5-9-14(16)18(23)24)17(19)22(21-12)13-7-3-2-4-8-13/h2-11H,1H3,(H,23,24). The number of hydrogen-bond donors (Lipinski definition) is 1. The molecule has 0 saturated carbocycles. The van der Waals surface area contributed by atoms with E-state index in [1.54, 1.807) is 29.1 Å². The van der Waals surface area contributed by atoms with Crippen LogP contribution in [0.25, 0.3) is 5.69 Å². The van der Waals surface area contributed by atoms with Gasteiger partial charge in [-0.1, -0.05) is 41.9 Å². The second-order valence-corrected chi connectivity index (χ2v) is 5.48. The number of carbonyl (C=O) groups is 1. The molecule has 1 N–H and O–H groups in total. The zero-order valence-corrected chi connectivity index (χ0v) is 13.6. The number of carboxylic acids is 1. The minimum atomic E-state index is -1.02. The lowest BCUT2D eigenvalue weighted by Crippen LogP contribution is -1.96. The van der Waals surface area contributed by atoms with Crippen molar-refractivity contribution < 1.29 is 9.90 Å². The molecule has 0 radical (unpaired) electrons. The number of aliphatic imine (C=N–C) groups is 1. The summed E-state index contributed by atoms with van der Waals surface area (Å²) in [5.74, 6) is -1.02. The lowest BCUT2D eigenvalue weighted by molar-refractivity contribution is 0.0698. The lowest BCUT2D eigenvalue weighted by Gasteiger charge is -2.02. The van der Waals surface area contributed by atoms with Crippen LogP contribution in [0.5, 0.6) is 0 Å². The Hall–Kier alpha value is -2.92. The summed E-state index contributed by atoms with van der Waals surface area (Å²) in [7, 11) is 0. The highest BCUT2D eigenvalue weighted by Crippen LogP contribution is 2.24. The van der Waals surface area contributed by atoms with Crippen LogP contribution in [0.1, 0.15) is 21.6 Å². The number of rotatable bonds is 4. The topological polar surface area (TPSA) is 67.5 Å². The van der Waals surface area contributed by atoms with Gasteiger partial charge in [0.15, 0.2) is 0 Å². The molecule has 3 aromatic rings. The Morgan fingerprint density at radius 1 is 1.17 bits per heavy atom. The first-order valence-electron chi connectivity index (χ1n) is 7.25. The van der Waals surface area contributed by atoms with Gasteiger partial charge in [0.1, 0.15) is 5.15 Å². The summed E-state index contributed by atoms with van der Waals surface area (Å²) in [6.07, 6.45) is 1.55. The number of carboxylic acid groups (broad SMARTS) is 1. The van der Waals surface area contributed by atoms with Crippen LogP contribution in [0.2, 0.25) is 5.15 Å². The summed E-state index contributed by atoms with van der Waals surface area (Å²) >= 11 is 6.43. The Kier molecular flexibility index (Phi) is 4.44. The molecule has 0 aliphatic heterocycles. The second-order valence-electron chi connectivity index (χ2n) is 5.12. The number of nitrogens with zero attached hydrogens (tertiary/aromatic N) is 3. The quantitative estimate of drug-likeness (QED) is 0.721. The molecule has 0 aliphatic rings. The minimum Gasteiger partial charge on any atom is -0.478 e. The highest BCUT2D eigenvalue weighted by atomic mass is 35.5. The van der Waals surface area contributed by atoms with Gasteiger partial charge in [0.05, 0.1) is 28.2 Å². The van der Waals surface area contributed by atoms with Crippen molar-refractivity contribution in [2.45, 2.75) is 6.92 Å². The first-order valence-corrected chi connectivity index (χ1v) is 7.62. The summed E-state index contributed by atoms with van der Waals surface area (Å²) in [6, 6.07) is 16.1. The lowest BCUT2D eigenvalue weighted by atomic mass is 10.2. The molecule has 1 heterocycles. The number of benzene rings is 2. The molecule has 24 heavy (non-hydrogen) atoms. The molecule has 0 spiro atoms. The number of aryl methyl sites for hydroxylation is 1. The van der Waals surface area contributed by atoms with Gasteiger partial charge < -0.3 is 5.11 Å². The number of halogens is 1. The highest BCUT2D eigenvalue weighted by Gasteiger charge is 2.13. The predicted octanol–water partition coefficient (Wildman–Crippen LogP) is 4.28. The zero-order chi connectivity index (χ0) is 17.1. The summed E-state index contributed by atoms with van der Waals surface area (Å²) in [6.45, 7) is 1.83. The van der Waals surface area contributed by atoms with Crippen molar-refractivity contribution in [1.29, 1.82) is 0 Å². The fourth-order valence-corrected chi connectivity index (χ4v) is 2.62. The third kappa shape index (κ3) is 3.07. The van der Waals surface area contributed by atoms with Crippen molar-refractivity contribution in [3.8, 4) is 5.69 Å². The van der Waals surface area contributed by atoms with E-state index < -0.39 is 5.97 Å². The van der Waals surface area contributed by atoms with Gasteiger partial charge >= 0.3 is 5.97 Å². The molecule has 6 heteroatoms. The Labute approximate surface area is 143 Å². The summed E-state index contributed by atoms with van der Waals surface area (Å²) in [5.41, 5.74) is 2.71. The molecule has 5 nitrogen and oxygen atoms in total. The maximum absolute atomic E-state index is 11.2. The Morgan fingerprint density at radius 3 is 2.54 bits per heavy atom. The van der Waals surface area contributed by atoms with E-state index in [9.17, 15) is 9.90 Å². The van der Waals surface area contributed by atoms with Gasteiger partial charge in [0.2, 0.25) is 0 Å². The third-order valence-corrected chi connectivity index (χ3v) is 3.88. The third-order valence-electron chi connectivity index (χ3n) is 3.52. The van der Waals surface area contributed by atoms with E-state index in [4.69, 9.17) is 11.6 Å². The average Bonchev–Trinajstić information content (AvgIpc) is 2.88. The molecule has 0 bridgehead atoms. The van der Waals surface area contributed by atoms with Gasteiger partial charge in [0.25, 0.3) is 0 Å². The van der Waals surface area contributed by atoms with Gasteiger partial charge in [-0.2, -0.15) is 5.10 Å². The molecule has 120 valence electrons. The fourth-order valence-electron chi connectivity index (χ4n) is 2.30. The SMILES string of the molecule is Cc1nn(-c2ccccc2)c(Cl)c1C=Nc1ccccc1C(=O)O. The van der Waals surface area contributed by atoms with Crippen molar-refractivity contribution in [2.75, 3.05) is 0 Å². The smallest absolute Gasteiger partial charge is 0.337 e. The van der Waals surface area contributed by atoms with Crippen molar-refractivity contribution >= 4 is 29.5 Å². The van der Waals surface area contributed by atoms with Crippen LogP contribution in [0.15, 0.2) is 59.6 Å². The van der Waals surface area contributed by atoms with Crippen LogP contribution in [-0.4, -0.2) is 27.1 Å². The second kappa shape index (κ2) is 6.68. The van der Waals surface area contributed by atoms with E-state index in [2.05, 4.69) is 10.1 Å². The van der Waals surface area contributed by atoms with Crippen molar-refractivity contribution in [2.24, 2.45) is 4.99 Å². The van der Waals surface area contributed by atoms with E-state index in [1.165, 1.54) is 6.07 Å². The molecule has 2 aromatic carbocycles. The van der Waals surface area contributed by atoms with Crippen LogP contribution in [-0.2, 0) is 0 Å². The zero-order valence-electron chi connectivity index (χ0n) is 12.8. The molecular formula is C18H14ClN3O2. The normalized spacial score (nSPS) is 11.1. The first kappa shape index (κ1) is 16.0. The van der Waals surface area contributed by atoms with Crippen LogP contribution in [0.3, 0.4) is 0 Å². The Balaban J connectivity index is 2.00. The predicted molar refractivity (Wildman–Crippen MR) is 94.0 cm³/mol. The van der Waals surface area contributed by atoms with Gasteiger partial charge in [0, 0.05) is 6.21 Å². The summed E-state index contributed by atoms with van der Waals surface area (Å²) in [5, 5.41) is 14.1. The molecule has 1 aromatic heterocycles. The number of aromatic carboxylic acids is 1. The average molecular weight is 340 g/mol. The van der Waals surface area contributed by atoms with Gasteiger partial charge in [-0.05, 0) is 31.2 Å². The van der Waals surface area contributed by atoms with E-state index in [1.807, 2.05) is 37.3 Å². The van der Waals surface area contributed by atoms with Crippen LogP contribution in [0, 0.1) is 6.92 Å². The number of aromatic nitrogens is 2. The number of para-hydroxylation sites is 2. The van der Waals surface area contributed by atoms with E-state index in [0.29, 0.717) is 22.1 Å². The first-order chi connectivity index (χ1) is 11.6. The minimum absolute atomic E-state index is 0.137. The van der Waals surface area contributed by atoms with Crippen LogP contribution in [0.4, 0.5) is 5.69 Å². The largest absolute Gasteiger partial charge is 0.478 e. The molecule has 0 unspecified atom stereocenters. The maximum Gasteiger partial charge on any atom is 0.337 e. The molecular weight excluding hydrogens is 326 g/mol. The summed E-state index contributed by atoms with van der Waals surface area (Å²) < 4.78 is 1.63. The Bertz CT molecular complexity index is 917. The van der Waals surface area contributed by atoms with Gasteiger partial charge in [-0.3, -0.25) is 4.99 Å². The van der Waals surface area contributed by atoms with E-state index in [-0.39, 0.29) is 5.56 Å².